The van der Waals surface area contributed by atoms with E-state index in [2.05, 4.69) is 0 Å². The molecule has 0 spiro atoms. The maximum Gasteiger partial charge on any atom is 0.333 e. The molecule has 1 rings (SSSR count). The molecule has 6 heteroatoms. The van der Waals surface area contributed by atoms with Crippen LogP contribution in [0.5, 0.6) is 5.75 Å². The lowest BCUT2D eigenvalue weighted by atomic mass is 10.1. The summed E-state index contributed by atoms with van der Waals surface area (Å²) in [7, 11) is -1.70. The van der Waals surface area contributed by atoms with Crippen molar-refractivity contribution in [3.8, 4) is 5.75 Å². The van der Waals surface area contributed by atoms with Gasteiger partial charge in [-0.15, -0.1) is 0 Å². The van der Waals surface area contributed by atoms with Gasteiger partial charge in [0.2, 0.25) is 0 Å². The Balaban J connectivity index is 2.80. The summed E-state index contributed by atoms with van der Waals surface area (Å²) in [5, 5.41) is 10.1. The quantitative estimate of drug-likeness (QED) is 0.745. The van der Waals surface area contributed by atoms with Crippen molar-refractivity contribution >= 4 is 7.60 Å². The van der Waals surface area contributed by atoms with Gasteiger partial charge in [0, 0.05) is 0 Å². The molecule has 0 amide bonds. The standard InChI is InChI=1S/C13H21O5P/c1-4-17-19(15,18-5-2)10-13(14)11-7-6-8-12(9-11)16-3/h6-9,13-14H,4-5,10H2,1-3H3/t13-/m0/s1. The van der Waals surface area contributed by atoms with Crippen molar-refractivity contribution in [2.45, 2.75) is 20.0 Å². The number of rotatable bonds is 8. The molecule has 0 aliphatic heterocycles. The second-order valence-electron chi connectivity index (χ2n) is 3.92. The Morgan fingerprint density at radius 3 is 2.42 bits per heavy atom. The lowest BCUT2D eigenvalue weighted by Gasteiger charge is -2.20. The number of benzene rings is 1. The fourth-order valence-electron chi connectivity index (χ4n) is 1.70. The molecule has 0 aliphatic rings. The summed E-state index contributed by atoms with van der Waals surface area (Å²) in [6.45, 7) is 4.04. The van der Waals surface area contributed by atoms with Gasteiger partial charge in [-0.25, -0.2) is 0 Å². The van der Waals surface area contributed by atoms with Gasteiger partial charge in [-0.05, 0) is 31.5 Å². The van der Waals surface area contributed by atoms with E-state index in [0.29, 0.717) is 11.3 Å². The largest absolute Gasteiger partial charge is 0.497 e. The molecule has 0 saturated heterocycles. The molecule has 0 fully saturated rings. The third-order valence-electron chi connectivity index (χ3n) is 2.53. The van der Waals surface area contributed by atoms with E-state index < -0.39 is 13.7 Å². The third kappa shape index (κ3) is 4.96. The first-order valence-corrected chi connectivity index (χ1v) is 7.97. The number of aliphatic hydroxyl groups excluding tert-OH is 1. The van der Waals surface area contributed by atoms with Crippen LogP contribution >= 0.6 is 7.60 Å². The van der Waals surface area contributed by atoms with Crippen LogP contribution in [0.3, 0.4) is 0 Å². The Morgan fingerprint density at radius 2 is 1.89 bits per heavy atom. The van der Waals surface area contributed by atoms with E-state index in [0.717, 1.165) is 0 Å². The van der Waals surface area contributed by atoms with Gasteiger partial charge in [-0.3, -0.25) is 4.57 Å². The number of ether oxygens (including phenoxy) is 1. The molecule has 0 bridgehead atoms. The van der Waals surface area contributed by atoms with Crippen molar-refractivity contribution in [3.05, 3.63) is 29.8 Å². The van der Waals surface area contributed by atoms with Gasteiger partial charge in [0.05, 0.1) is 32.6 Å². The van der Waals surface area contributed by atoms with Gasteiger partial charge >= 0.3 is 7.60 Å². The van der Waals surface area contributed by atoms with Crippen LogP contribution in [0.2, 0.25) is 0 Å². The Labute approximate surface area is 114 Å². The fraction of sp³-hybridized carbons (Fsp3) is 0.538. The Bertz CT molecular complexity index is 425. The monoisotopic (exact) mass is 288 g/mol. The highest BCUT2D eigenvalue weighted by Crippen LogP contribution is 2.50. The minimum atomic E-state index is -3.26. The Hall–Kier alpha value is -0.870. The summed E-state index contributed by atoms with van der Waals surface area (Å²) >= 11 is 0. The molecule has 0 saturated carbocycles. The molecule has 0 radical (unpaired) electrons. The van der Waals surface area contributed by atoms with Gasteiger partial charge in [-0.1, -0.05) is 12.1 Å². The molecule has 5 nitrogen and oxygen atoms in total. The lowest BCUT2D eigenvalue weighted by molar-refractivity contribution is 0.170. The van der Waals surface area contributed by atoms with Crippen molar-refractivity contribution in [1.82, 2.24) is 0 Å². The van der Waals surface area contributed by atoms with Crippen molar-refractivity contribution in [2.75, 3.05) is 26.5 Å². The topological polar surface area (TPSA) is 65.0 Å². The number of methoxy groups -OCH3 is 1. The van der Waals surface area contributed by atoms with Crippen molar-refractivity contribution < 1.29 is 23.5 Å². The van der Waals surface area contributed by atoms with E-state index >= 15 is 0 Å². The van der Waals surface area contributed by atoms with Crippen LogP contribution in [0.15, 0.2) is 24.3 Å². The molecule has 0 unspecified atom stereocenters. The summed E-state index contributed by atoms with van der Waals surface area (Å²) in [6, 6.07) is 6.99. The molecular formula is C13H21O5P. The summed E-state index contributed by atoms with van der Waals surface area (Å²) in [6.07, 6.45) is -0.985. The van der Waals surface area contributed by atoms with Crippen LogP contribution in [0.1, 0.15) is 25.5 Å². The summed E-state index contributed by atoms with van der Waals surface area (Å²) < 4.78 is 27.7. The van der Waals surface area contributed by atoms with Crippen LogP contribution in [-0.2, 0) is 13.6 Å². The Morgan fingerprint density at radius 1 is 1.26 bits per heavy atom. The first kappa shape index (κ1) is 16.2. The minimum absolute atomic E-state index is 0.0676. The van der Waals surface area contributed by atoms with E-state index in [1.165, 1.54) is 0 Å². The third-order valence-corrected chi connectivity index (χ3v) is 4.62. The maximum atomic E-state index is 12.3. The van der Waals surface area contributed by atoms with Crippen LogP contribution in [0.25, 0.3) is 0 Å². The van der Waals surface area contributed by atoms with Crippen LogP contribution in [0.4, 0.5) is 0 Å². The minimum Gasteiger partial charge on any atom is -0.497 e. The summed E-state index contributed by atoms with van der Waals surface area (Å²) in [5.74, 6) is 0.638. The van der Waals surface area contributed by atoms with E-state index in [-0.39, 0.29) is 19.4 Å². The van der Waals surface area contributed by atoms with Gasteiger partial charge in [0.25, 0.3) is 0 Å². The molecule has 108 valence electrons. The lowest BCUT2D eigenvalue weighted by Crippen LogP contribution is -2.09. The van der Waals surface area contributed by atoms with Crippen molar-refractivity contribution in [2.24, 2.45) is 0 Å². The smallest absolute Gasteiger partial charge is 0.333 e. The second kappa shape index (κ2) is 7.65. The molecule has 1 atom stereocenters. The molecule has 1 aromatic rings. The van der Waals surface area contributed by atoms with Crippen molar-refractivity contribution in [3.63, 3.8) is 0 Å². The van der Waals surface area contributed by atoms with E-state index in [4.69, 9.17) is 13.8 Å². The maximum absolute atomic E-state index is 12.3. The highest BCUT2D eigenvalue weighted by atomic mass is 31.2. The van der Waals surface area contributed by atoms with Gasteiger partial charge in [0.15, 0.2) is 0 Å². The molecule has 1 N–H and O–H groups in total. The fourth-order valence-corrected chi connectivity index (χ4v) is 3.41. The highest BCUT2D eigenvalue weighted by Gasteiger charge is 2.28. The summed E-state index contributed by atoms with van der Waals surface area (Å²) in [4.78, 5) is 0. The van der Waals surface area contributed by atoms with Gasteiger partial charge < -0.3 is 18.9 Å². The zero-order valence-corrected chi connectivity index (χ0v) is 12.4. The SMILES string of the molecule is CCOP(=O)(C[C@H](O)c1cccc(OC)c1)OCC. The predicted octanol–water partition coefficient (Wildman–Crippen LogP) is 2.99. The molecule has 1 aromatic carbocycles. The zero-order valence-electron chi connectivity index (χ0n) is 11.5. The van der Waals surface area contributed by atoms with Crippen LogP contribution in [0, 0.1) is 0 Å². The van der Waals surface area contributed by atoms with E-state index in [9.17, 15) is 9.67 Å². The van der Waals surface area contributed by atoms with Crippen LogP contribution in [-0.4, -0.2) is 31.6 Å². The second-order valence-corrected chi connectivity index (χ2v) is 6.02. The molecule has 0 aromatic heterocycles. The number of aliphatic hydroxyl groups is 1. The molecular weight excluding hydrogens is 267 g/mol. The first-order chi connectivity index (χ1) is 9.04. The van der Waals surface area contributed by atoms with Gasteiger partial charge in [0.1, 0.15) is 5.75 Å². The predicted molar refractivity (Wildman–Crippen MR) is 73.7 cm³/mol. The number of hydrogen-bond acceptors (Lipinski definition) is 5. The average molecular weight is 288 g/mol. The molecule has 0 heterocycles. The summed E-state index contributed by atoms with van der Waals surface area (Å²) in [5.41, 5.74) is 0.624. The Kier molecular flexibility index (Phi) is 6.52. The van der Waals surface area contributed by atoms with Gasteiger partial charge in [-0.2, -0.15) is 0 Å². The number of hydrogen-bond donors (Lipinski definition) is 1. The highest BCUT2D eigenvalue weighted by molar-refractivity contribution is 7.53. The first-order valence-electron chi connectivity index (χ1n) is 6.24. The van der Waals surface area contributed by atoms with E-state index in [1.54, 1.807) is 45.2 Å². The normalized spacial score (nSPS) is 13.3. The van der Waals surface area contributed by atoms with Crippen LogP contribution < -0.4 is 4.74 Å². The van der Waals surface area contributed by atoms with Crippen molar-refractivity contribution in [1.29, 1.82) is 0 Å². The zero-order chi connectivity index (χ0) is 14.3. The van der Waals surface area contributed by atoms with E-state index in [1.807, 2.05) is 0 Å². The average Bonchev–Trinajstić information content (AvgIpc) is 2.39. The molecule has 0 aliphatic carbocycles. The molecule has 19 heavy (non-hydrogen) atoms.